The molecule has 2 fully saturated rings. The summed E-state index contributed by atoms with van der Waals surface area (Å²) in [5, 5.41) is 0. The van der Waals surface area contributed by atoms with Crippen molar-refractivity contribution in [1.82, 2.24) is 19.2 Å². The van der Waals surface area contributed by atoms with Crippen molar-refractivity contribution in [2.24, 2.45) is 0 Å². The van der Waals surface area contributed by atoms with Crippen LogP contribution in [0.25, 0.3) is 0 Å². The van der Waals surface area contributed by atoms with Crippen molar-refractivity contribution in [3.63, 3.8) is 0 Å². The Morgan fingerprint density at radius 2 is 0.478 bits per heavy atom. The molecule has 0 spiro atoms. The second-order valence-corrected chi connectivity index (χ2v) is 13.3. The van der Waals surface area contributed by atoms with Crippen LogP contribution in [-0.4, -0.2) is 117 Å². The van der Waals surface area contributed by atoms with Crippen LogP contribution in [-0.2, 0) is 0 Å². The van der Waals surface area contributed by atoms with Gasteiger partial charge in [0.25, 0.3) is 0 Å². The zero-order valence-electron chi connectivity index (χ0n) is 28.6. The lowest BCUT2D eigenvalue weighted by Gasteiger charge is -2.44. The number of hydrogen-bond donors (Lipinski definition) is 0. The van der Waals surface area contributed by atoms with E-state index in [0.29, 0.717) is 0 Å². The molecule has 4 aromatic carbocycles. The molecule has 8 nitrogen and oxygen atoms in total. The Morgan fingerprint density at radius 1 is 0.304 bits per heavy atom. The predicted molar refractivity (Wildman–Crippen MR) is 205 cm³/mol. The fourth-order valence-electron chi connectivity index (χ4n) is 7.73. The molecule has 0 aliphatic carbocycles. The Kier molecular flexibility index (Phi) is 9.52. The van der Waals surface area contributed by atoms with Gasteiger partial charge in [-0.2, -0.15) is 0 Å². The molecule has 2 saturated heterocycles. The first-order valence-electron chi connectivity index (χ1n) is 16.2. The lowest BCUT2D eigenvalue weighted by atomic mass is 9.29. The molecule has 0 atom stereocenters. The molecule has 0 bridgehead atoms. The first-order valence-corrected chi connectivity index (χ1v) is 16.2. The van der Waals surface area contributed by atoms with Gasteiger partial charge in [-0.3, -0.25) is 0 Å². The van der Waals surface area contributed by atoms with Crippen LogP contribution >= 0.6 is 0 Å². The quantitative estimate of drug-likeness (QED) is 0.268. The molecule has 4 aromatic rings. The van der Waals surface area contributed by atoms with Crippen molar-refractivity contribution in [2.45, 2.75) is 0 Å². The molecule has 0 aromatic heterocycles. The molecule has 46 heavy (non-hydrogen) atoms. The van der Waals surface area contributed by atoms with E-state index in [9.17, 15) is 0 Å². The van der Waals surface area contributed by atoms with Crippen LogP contribution < -0.4 is 18.9 Å². The molecule has 2 heterocycles. The van der Waals surface area contributed by atoms with Crippen LogP contribution in [0.15, 0.2) is 121 Å². The minimum atomic E-state index is -0.0996. The molecule has 2 aliphatic heterocycles. The highest BCUT2D eigenvalue weighted by atomic mass is 15.4. The lowest BCUT2D eigenvalue weighted by Crippen LogP contribution is -2.70. The van der Waals surface area contributed by atoms with E-state index in [1.54, 1.807) is 0 Å². The van der Waals surface area contributed by atoms with Crippen molar-refractivity contribution in [3.8, 4) is 0 Å². The predicted octanol–water partition coefficient (Wildman–Crippen LogP) is 3.45. The van der Waals surface area contributed by atoms with E-state index < -0.39 is 0 Å². The highest BCUT2D eigenvalue weighted by Gasteiger charge is 2.70. The Hall–Kier alpha value is -3.69. The maximum Gasteiger partial charge on any atom is 0.364 e. The highest BCUT2D eigenvalue weighted by molar-refractivity contribution is 7.53. The van der Waals surface area contributed by atoms with E-state index in [1.807, 2.05) is 0 Å². The molecule has 0 amide bonds. The summed E-state index contributed by atoms with van der Waals surface area (Å²) in [5.74, 6) is 0. The van der Waals surface area contributed by atoms with Gasteiger partial charge >= 0.3 is 41.2 Å². The fourth-order valence-corrected chi connectivity index (χ4v) is 7.73. The molecule has 0 radical (unpaired) electrons. The summed E-state index contributed by atoms with van der Waals surface area (Å²) in [6.45, 7) is 0.00100. The number of anilines is 4. The molecule has 0 unspecified atom stereocenters. The van der Waals surface area contributed by atoms with Crippen molar-refractivity contribution in [2.75, 3.05) is 75.3 Å². The van der Waals surface area contributed by atoms with Crippen LogP contribution in [0.1, 0.15) is 0 Å². The van der Waals surface area contributed by atoms with E-state index in [-0.39, 0.29) is 41.2 Å². The topological polar surface area (TPSA) is 25.9 Å². The van der Waals surface area contributed by atoms with Crippen LogP contribution in [0.3, 0.4) is 0 Å². The lowest BCUT2D eigenvalue weighted by molar-refractivity contribution is 0.623. The number of para-hydroxylation sites is 4. The summed E-state index contributed by atoms with van der Waals surface area (Å²) in [6.07, 6.45) is 0. The Labute approximate surface area is 279 Å². The first-order chi connectivity index (χ1) is 22.2. The normalized spacial score (nSPS) is 15.7. The van der Waals surface area contributed by atoms with E-state index in [4.69, 9.17) is 0 Å². The van der Waals surface area contributed by atoms with Crippen molar-refractivity contribution >= 4 is 64.0 Å². The largest absolute Gasteiger partial charge is 0.435 e. The van der Waals surface area contributed by atoms with Gasteiger partial charge < -0.3 is 38.1 Å². The Morgan fingerprint density at radius 3 is 0.630 bits per heavy atom. The molecular formula is C32H44B6N8. The average Bonchev–Trinajstić information content (AvgIpc) is 3.61. The van der Waals surface area contributed by atoms with Gasteiger partial charge in [-0.25, -0.2) is 0 Å². The van der Waals surface area contributed by atoms with Crippen molar-refractivity contribution in [1.29, 1.82) is 0 Å². The van der Waals surface area contributed by atoms with Gasteiger partial charge in [-0.15, -0.1) is 0 Å². The third-order valence-electron chi connectivity index (χ3n) is 9.41. The molecule has 230 valence electrons. The second kappa shape index (κ2) is 13.6. The van der Waals surface area contributed by atoms with Crippen molar-refractivity contribution in [3.05, 3.63) is 121 Å². The number of nitrogens with zero attached hydrogens (tertiary/aromatic N) is 8. The number of hydrogen-bond acceptors (Lipinski definition) is 8. The van der Waals surface area contributed by atoms with E-state index >= 15 is 0 Å². The van der Waals surface area contributed by atoms with Gasteiger partial charge in [0.15, 0.2) is 0 Å². The molecule has 2 aliphatic rings. The minimum Gasteiger partial charge on any atom is -0.435 e. The van der Waals surface area contributed by atoms with E-state index in [2.05, 4.69) is 216 Å². The molecule has 0 N–H and O–H groups in total. The minimum absolute atomic E-state index is 0.0501. The zero-order valence-corrected chi connectivity index (χ0v) is 28.6. The smallest absolute Gasteiger partial charge is 0.364 e. The molecule has 0 saturated carbocycles. The Balaban J connectivity index is 1.71. The fraction of sp³-hybridized carbons (Fsp3) is 0.250. The number of rotatable bonds is 9. The maximum atomic E-state index is 2.67. The summed E-state index contributed by atoms with van der Waals surface area (Å²) in [6, 6.07) is 43.9. The summed E-state index contributed by atoms with van der Waals surface area (Å²) >= 11 is 0. The summed E-state index contributed by atoms with van der Waals surface area (Å²) < 4.78 is 10.7. The summed E-state index contributed by atoms with van der Waals surface area (Å²) in [4.78, 5) is 9.54. The number of benzene rings is 4. The van der Waals surface area contributed by atoms with Gasteiger partial charge in [0, 0.05) is 22.7 Å². The third-order valence-corrected chi connectivity index (χ3v) is 9.41. The van der Waals surface area contributed by atoms with Crippen LogP contribution in [0.4, 0.5) is 22.7 Å². The van der Waals surface area contributed by atoms with Gasteiger partial charge in [-0.1, -0.05) is 72.8 Å². The molecule has 6 rings (SSSR count). The van der Waals surface area contributed by atoms with Crippen LogP contribution in [0.5, 0.6) is 0 Å². The highest BCUT2D eigenvalue weighted by Crippen LogP contribution is 2.40. The van der Waals surface area contributed by atoms with Gasteiger partial charge in [-0.05, 0) is 105 Å². The second-order valence-electron chi connectivity index (χ2n) is 13.3. The zero-order chi connectivity index (χ0) is 32.5. The van der Waals surface area contributed by atoms with Crippen LogP contribution in [0, 0.1) is 0 Å². The van der Waals surface area contributed by atoms with E-state index in [1.165, 1.54) is 22.7 Å². The van der Waals surface area contributed by atoms with Crippen LogP contribution in [0.2, 0.25) is 0 Å². The third kappa shape index (κ3) is 5.72. The summed E-state index contributed by atoms with van der Waals surface area (Å²) in [7, 11) is 17.7. The van der Waals surface area contributed by atoms with Gasteiger partial charge in [0.1, 0.15) is 0 Å². The standard InChI is InChI=1S/C32H44B6N8/c1-39(2)33-34(40(3)4)44(30-23-15-10-16-24-30)37(43(33)29-21-13-9-14-22-29)38-45(31-25-17-11-18-26-31)35(41(5)6)36(42(7)8)46(38)32-27-19-12-20-28-32/h9-28H,1-8H3. The van der Waals surface area contributed by atoms with Crippen molar-refractivity contribution < 1.29 is 0 Å². The average molecular weight is 606 g/mol. The van der Waals surface area contributed by atoms with E-state index in [0.717, 1.165) is 0 Å². The molecular weight excluding hydrogens is 561 g/mol. The molecule has 14 heteroatoms. The SMILES string of the molecule is CN(C)B1B(N(C)C)N(c2ccccc2)B(B2N(c3ccccc3)B(N(C)C)B(N(C)C)N2c2ccccc2)N1c1ccccc1. The summed E-state index contributed by atoms with van der Waals surface area (Å²) in [5.41, 5.74) is 4.80. The Bertz CT molecular complexity index is 1310. The first kappa shape index (κ1) is 32.3. The van der Waals surface area contributed by atoms with Gasteiger partial charge in [0.2, 0.25) is 0 Å². The van der Waals surface area contributed by atoms with Gasteiger partial charge in [0.05, 0.1) is 0 Å². The monoisotopic (exact) mass is 606 g/mol. The maximum absolute atomic E-state index is 2.67.